The molecule has 0 aliphatic rings. The number of pyridine rings is 1. The molecule has 32 heavy (non-hydrogen) atoms. The molecule has 0 unspecified atom stereocenters. The second-order valence-corrected chi connectivity index (χ2v) is 6.96. The number of hydrogen-bond donors (Lipinski definition) is 1. The van der Waals surface area contributed by atoms with E-state index in [9.17, 15) is 8.78 Å². The summed E-state index contributed by atoms with van der Waals surface area (Å²) in [5.74, 6) is 1.04. The first-order valence-electron chi connectivity index (χ1n) is 9.89. The zero-order chi connectivity index (χ0) is 22.5. The Labute approximate surface area is 183 Å². The minimum atomic E-state index is -2.81. The van der Waals surface area contributed by atoms with Crippen LogP contribution in [0.5, 0.6) is 11.5 Å². The van der Waals surface area contributed by atoms with Crippen LogP contribution in [0.4, 0.5) is 20.2 Å². The van der Waals surface area contributed by atoms with Crippen LogP contribution in [0.2, 0.25) is 0 Å². The van der Waals surface area contributed by atoms with E-state index in [4.69, 9.17) is 9.47 Å². The van der Waals surface area contributed by atoms with Gasteiger partial charge >= 0.3 is 6.61 Å². The van der Waals surface area contributed by atoms with Crippen LogP contribution in [0.3, 0.4) is 0 Å². The van der Waals surface area contributed by atoms with E-state index in [1.807, 2.05) is 43.7 Å². The van der Waals surface area contributed by atoms with Crippen molar-refractivity contribution in [1.29, 1.82) is 0 Å². The summed E-state index contributed by atoms with van der Waals surface area (Å²) in [4.78, 5) is 4.50. The van der Waals surface area contributed by atoms with Crippen molar-refractivity contribution in [3.63, 3.8) is 0 Å². The number of rotatable bonds is 9. The summed E-state index contributed by atoms with van der Waals surface area (Å²) in [6.45, 7) is -3.01. The minimum Gasteiger partial charge on any atom is -0.494 e. The van der Waals surface area contributed by atoms with Crippen molar-refractivity contribution in [1.82, 2.24) is 14.8 Å². The van der Waals surface area contributed by atoms with Crippen LogP contribution in [0.1, 0.15) is 0 Å². The van der Waals surface area contributed by atoms with Crippen molar-refractivity contribution >= 4 is 22.3 Å². The van der Waals surface area contributed by atoms with Crippen LogP contribution in [0, 0.1) is 0 Å². The largest absolute Gasteiger partial charge is 0.494 e. The molecule has 0 fully saturated rings. The highest BCUT2D eigenvalue weighted by molar-refractivity contribution is 5.95. The summed E-state index contributed by atoms with van der Waals surface area (Å²) in [7, 11) is 3.43. The average molecular weight is 440 g/mol. The number of aromatic nitrogens is 3. The molecule has 4 aromatic rings. The van der Waals surface area contributed by atoms with Crippen LogP contribution in [0.25, 0.3) is 22.0 Å². The van der Waals surface area contributed by atoms with Gasteiger partial charge in [-0.2, -0.15) is 13.9 Å². The number of halogens is 2. The molecular weight excluding hydrogens is 418 g/mol. The second-order valence-electron chi connectivity index (χ2n) is 6.96. The number of alkyl halides is 2. The van der Waals surface area contributed by atoms with E-state index in [0.717, 1.165) is 33.4 Å². The summed E-state index contributed by atoms with van der Waals surface area (Å²) in [5.41, 5.74) is 4.49. The SMILES string of the molecule is COc1cc(OCCOC(F)F)ccc1Nc1ccnc2cc(-c3cnn(C)c3)ccc12. The predicted molar refractivity (Wildman–Crippen MR) is 118 cm³/mol. The number of nitrogens with one attached hydrogen (secondary N) is 1. The van der Waals surface area contributed by atoms with Crippen molar-refractivity contribution in [2.75, 3.05) is 25.6 Å². The zero-order valence-corrected chi connectivity index (χ0v) is 17.6. The molecule has 2 aromatic heterocycles. The molecule has 7 nitrogen and oxygen atoms in total. The molecule has 4 rings (SSSR count). The molecule has 0 saturated heterocycles. The van der Waals surface area contributed by atoms with Crippen molar-refractivity contribution < 1.29 is 23.0 Å². The van der Waals surface area contributed by atoms with Gasteiger partial charge in [0.25, 0.3) is 0 Å². The number of methoxy groups -OCH3 is 1. The van der Waals surface area contributed by atoms with E-state index < -0.39 is 6.61 Å². The highest BCUT2D eigenvalue weighted by atomic mass is 19.3. The first kappa shape index (κ1) is 21.5. The lowest BCUT2D eigenvalue weighted by atomic mass is 10.1. The van der Waals surface area contributed by atoms with E-state index in [0.29, 0.717) is 11.5 Å². The van der Waals surface area contributed by atoms with Crippen LogP contribution in [-0.4, -0.2) is 41.7 Å². The molecule has 0 aliphatic heterocycles. The maximum absolute atomic E-state index is 12.0. The van der Waals surface area contributed by atoms with Gasteiger partial charge in [-0.25, -0.2) is 0 Å². The third-order valence-electron chi connectivity index (χ3n) is 4.82. The summed E-state index contributed by atoms with van der Waals surface area (Å²) in [6, 6.07) is 13.2. The Kier molecular flexibility index (Phi) is 6.46. The second kappa shape index (κ2) is 9.61. The molecule has 0 radical (unpaired) electrons. The Bertz CT molecular complexity index is 1210. The molecule has 0 saturated carbocycles. The number of fused-ring (bicyclic) bond motifs is 1. The van der Waals surface area contributed by atoms with Gasteiger partial charge in [-0.15, -0.1) is 0 Å². The Morgan fingerprint density at radius 3 is 2.66 bits per heavy atom. The van der Waals surface area contributed by atoms with Crippen molar-refractivity contribution in [3.05, 3.63) is 61.1 Å². The van der Waals surface area contributed by atoms with Gasteiger partial charge in [-0.3, -0.25) is 9.67 Å². The lowest BCUT2D eigenvalue weighted by Crippen LogP contribution is -2.09. The molecule has 0 bridgehead atoms. The standard InChI is InChI=1S/C23H22F2N4O3/c1-29-14-16(13-27-29)15-3-5-18-19(7-8-26-21(18)11-15)28-20-6-4-17(12-22(20)30-2)31-9-10-32-23(24)25/h3-8,11-14,23H,9-10H2,1-2H3,(H,26,28). The fourth-order valence-corrected chi connectivity index (χ4v) is 3.31. The van der Waals surface area contributed by atoms with E-state index in [-0.39, 0.29) is 13.2 Å². The van der Waals surface area contributed by atoms with E-state index >= 15 is 0 Å². The van der Waals surface area contributed by atoms with Gasteiger partial charge in [-0.1, -0.05) is 12.1 Å². The maximum Gasteiger partial charge on any atom is 0.345 e. The summed E-state index contributed by atoms with van der Waals surface area (Å²) in [6.07, 6.45) is 5.51. The van der Waals surface area contributed by atoms with Crippen LogP contribution < -0.4 is 14.8 Å². The molecule has 166 valence electrons. The number of hydrogen-bond acceptors (Lipinski definition) is 6. The number of nitrogens with zero attached hydrogens (tertiary/aromatic N) is 3. The van der Waals surface area contributed by atoms with Gasteiger partial charge < -0.3 is 19.5 Å². The quantitative estimate of drug-likeness (QED) is 0.369. The number of aryl methyl sites for hydroxylation is 1. The highest BCUT2D eigenvalue weighted by Gasteiger charge is 2.10. The monoisotopic (exact) mass is 440 g/mol. The lowest BCUT2D eigenvalue weighted by molar-refractivity contribution is -0.133. The molecular formula is C23H22F2N4O3. The highest BCUT2D eigenvalue weighted by Crippen LogP contribution is 2.34. The lowest BCUT2D eigenvalue weighted by Gasteiger charge is -2.15. The van der Waals surface area contributed by atoms with Crippen molar-refractivity contribution in [2.45, 2.75) is 6.61 Å². The van der Waals surface area contributed by atoms with Gasteiger partial charge in [-0.05, 0) is 29.8 Å². The van der Waals surface area contributed by atoms with Gasteiger partial charge in [0.15, 0.2) is 0 Å². The molecule has 1 N–H and O–H groups in total. The first-order valence-corrected chi connectivity index (χ1v) is 9.89. The summed E-state index contributed by atoms with van der Waals surface area (Å²) < 4.78 is 41.0. The normalized spacial score (nSPS) is 11.2. The first-order chi connectivity index (χ1) is 15.5. The molecule has 0 amide bonds. The van der Waals surface area contributed by atoms with E-state index in [1.54, 1.807) is 36.2 Å². The smallest absolute Gasteiger partial charge is 0.345 e. The fraction of sp³-hybridized carbons (Fsp3) is 0.217. The van der Waals surface area contributed by atoms with Crippen molar-refractivity contribution in [3.8, 4) is 22.6 Å². The van der Waals surface area contributed by atoms with Crippen LogP contribution in [0.15, 0.2) is 61.1 Å². The topological polar surface area (TPSA) is 70.4 Å². The Morgan fingerprint density at radius 1 is 1.03 bits per heavy atom. The molecule has 0 spiro atoms. The van der Waals surface area contributed by atoms with E-state index in [2.05, 4.69) is 20.1 Å². The van der Waals surface area contributed by atoms with Crippen LogP contribution in [-0.2, 0) is 11.8 Å². The number of benzene rings is 2. The third-order valence-corrected chi connectivity index (χ3v) is 4.82. The molecule has 2 heterocycles. The molecule has 2 aromatic carbocycles. The zero-order valence-electron chi connectivity index (χ0n) is 17.6. The Morgan fingerprint density at radius 2 is 1.91 bits per heavy atom. The third kappa shape index (κ3) is 4.94. The van der Waals surface area contributed by atoms with Crippen molar-refractivity contribution in [2.24, 2.45) is 7.05 Å². The summed E-state index contributed by atoms with van der Waals surface area (Å²) >= 11 is 0. The van der Waals surface area contributed by atoms with Gasteiger partial charge in [0.05, 0.1) is 31.1 Å². The molecule has 0 atom stereocenters. The maximum atomic E-state index is 12.0. The molecule has 9 heteroatoms. The average Bonchev–Trinajstić information content (AvgIpc) is 3.23. The Hall–Kier alpha value is -3.72. The summed E-state index contributed by atoms with van der Waals surface area (Å²) in [5, 5.41) is 8.55. The number of ether oxygens (including phenoxy) is 3. The van der Waals surface area contributed by atoms with Gasteiger partial charge in [0.1, 0.15) is 18.1 Å². The minimum absolute atomic E-state index is 0.00846. The molecule has 0 aliphatic carbocycles. The van der Waals surface area contributed by atoms with Gasteiger partial charge in [0, 0.05) is 42.1 Å². The number of anilines is 2. The Balaban J connectivity index is 1.54. The van der Waals surface area contributed by atoms with Crippen LogP contribution >= 0.6 is 0 Å². The van der Waals surface area contributed by atoms with Gasteiger partial charge in [0.2, 0.25) is 0 Å². The predicted octanol–water partition coefficient (Wildman–Crippen LogP) is 5.01. The fourth-order valence-electron chi connectivity index (χ4n) is 3.31. The van der Waals surface area contributed by atoms with E-state index in [1.165, 1.54) is 0 Å².